The van der Waals surface area contributed by atoms with Gasteiger partial charge in [-0.2, -0.15) is 4.31 Å². The van der Waals surface area contributed by atoms with Gasteiger partial charge in [0.2, 0.25) is 15.9 Å². The predicted molar refractivity (Wildman–Crippen MR) is 118 cm³/mol. The minimum atomic E-state index is -3.63. The van der Waals surface area contributed by atoms with Crippen LogP contribution in [0, 0.1) is 0 Å². The molecule has 8 nitrogen and oxygen atoms in total. The van der Waals surface area contributed by atoms with E-state index in [-0.39, 0.29) is 23.4 Å². The van der Waals surface area contributed by atoms with Crippen LogP contribution in [-0.4, -0.2) is 58.8 Å². The Morgan fingerprint density at radius 3 is 2.48 bits per heavy atom. The number of likely N-dealkylation sites (tertiary alicyclic amines) is 1. The summed E-state index contributed by atoms with van der Waals surface area (Å²) in [6.07, 6.45) is 8.33. The van der Waals surface area contributed by atoms with Crippen molar-refractivity contribution < 1.29 is 13.2 Å². The lowest BCUT2D eigenvalue weighted by Crippen LogP contribution is -2.41. The van der Waals surface area contributed by atoms with Crippen LogP contribution in [0.1, 0.15) is 51.9 Å². The average Bonchev–Trinajstić information content (AvgIpc) is 3.05. The van der Waals surface area contributed by atoms with Crippen LogP contribution in [0.2, 0.25) is 0 Å². The van der Waals surface area contributed by atoms with Crippen molar-refractivity contribution in [2.75, 3.05) is 19.6 Å². The standard InChI is InChI=1S/C22H30N4O4S/c1-17-8-4-7-13-26(17)31(29,30)19-9-10-20-18(14-19)15-23-22(28)25(20)16-21(27)24-11-5-2-3-6-12-24/h9-10,14-15,17H,2-8,11-13,16H2,1H3. The number of piperidine rings is 1. The van der Waals surface area contributed by atoms with E-state index in [0.717, 1.165) is 44.9 Å². The molecule has 9 heteroatoms. The Morgan fingerprint density at radius 2 is 1.77 bits per heavy atom. The van der Waals surface area contributed by atoms with Crippen LogP contribution in [0.4, 0.5) is 0 Å². The quantitative estimate of drug-likeness (QED) is 0.719. The van der Waals surface area contributed by atoms with Crippen molar-refractivity contribution in [2.24, 2.45) is 0 Å². The number of hydrogen-bond acceptors (Lipinski definition) is 5. The second-order valence-electron chi connectivity index (χ2n) is 8.60. The van der Waals surface area contributed by atoms with Crippen molar-refractivity contribution in [3.63, 3.8) is 0 Å². The van der Waals surface area contributed by atoms with E-state index in [1.165, 1.54) is 16.8 Å². The van der Waals surface area contributed by atoms with E-state index < -0.39 is 15.7 Å². The van der Waals surface area contributed by atoms with E-state index in [9.17, 15) is 18.0 Å². The van der Waals surface area contributed by atoms with Gasteiger partial charge in [-0.05, 0) is 50.8 Å². The first-order valence-electron chi connectivity index (χ1n) is 11.2. The molecule has 0 spiro atoms. The summed E-state index contributed by atoms with van der Waals surface area (Å²) in [5.74, 6) is -0.0999. The Kier molecular flexibility index (Phi) is 6.43. The molecule has 0 N–H and O–H groups in total. The highest BCUT2D eigenvalue weighted by Gasteiger charge is 2.31. The summed E-state index contributed by atoms with van der Waals surface area (Å²) in [7, 11) is -3.63. The van der Waals surface area contributed by atoms with Crippen molar-refractivity contribution in [1.82, 2.24) is 18.8 Å². The first-order chi connectivity index (χ1) is 14.9. The zero-order chi connectivity index (χ0) is 22.0. The molecular weight excluding hydrogens is 416 g/mol. The smallest absolute Gasteiger partial charge is 0.341 e. The van der Waals surface area contributed by atoms with Crippen molar-refractivity contribution in [3.8, 4) is 0 Å². The van der Waals surface area contributed by atoms with E-state index in [0.29, 0.717) is 30.5 Å². The number of benzene rings is 1. The molecule has 1 unspecified atom stereocenters. The summed E-state index contributed by atoms with van der Waals surface area (Å²) in [5.41, 5.74) is 0.0183. The zero-order valence-corrected chi connectivity index (χ0v) is 18.8. The molecule has 2 saturated heterocycles. The number of sulfonamides is 1. The molecular formula is C22H30N4O4S. The third kappa shape index (κ3) is 4.52. The first-order valence-corrected chi connectivity index (χ1v) is 12.6. The molecule has 3 heterocycles. The zero-order valence-electron chi connectivity index (χ0n) is 18.0. The van der Waals surface area contributed by atoms with Gasteiger partial charge in [0.15, 0.2) is 0 Å². The van der Waals surface area contributed by atoms with Gasteiger partial charge in [0, 0.05) is 37.3 Å². The van der Waals surface area contributed by atoms with Crippen molar-refractivity contribution in [3.05, 3.63) is 34.9 Å². The molecule has 0 radical (unpaired) electrons. The maximum Gasteiger partial charge on any atom is 0.348 e. The second-order valence-corrected chi connectivity index (χ2v) is 10.5. The number of carbonyl (C=O) groups excluding carboxylic acids is 1. The second kappa shape index (κ2) is 9.08. The van der Waals surface area contributed by atoms with Crippen LogP contribution in [0.3, 0.4) is 0 Å². The fourth-order valence-corrected chi connectivity index (χ4v) is 6.35. The molecule has 2 fully saturated rings. The minimum Gasteiger partial charge on any atom is -0.341 e. The largest absolute Gasteiger partial charge is 0.348 e. The fourth-order valence-electron chi connectivity index (χ4n) is 4.61. The highest BCUT2D eigenvalue weighted by molar-refractivity contribution is 7.89. The molecule has 0 bridgehead atoms. The van der Waals surface area contributed by atoms with E-state index in [4.69, 9.17) is 0 Å². The van der Waals surface area contributed by atoms with Crippen LogP contribution in [0.15, 0.2) is 34.1 Å². The minimum absolute atomic E-state index is 0.0345. The number of hydrogen-bond donors (Lipinski definition) is 0. The molecule has 1 aromatic heterocycles. The van der Waals surface area contributed by atoms with Gasteiger partial charge in [-0.25, -0.2) is 18.2 Å². The van der Waals surface area contributed by atoms with Gasteiger partial charge < -0.3 is 4.90 Å². The maximum atomic E-state index is 13.2. The molecule has 31 heavy (non-hydrogen) atoms. The molecule has 1 atom stereocenters. The van der Waals surface area contributed by atoms with Gasteiger partial charge in [0.05, 0.1) is 10.4 Å². The predicted octanol–water partition coefficient (Wildman–Crippen LogP) is 2.36. The highest BCUT2D eigenvalue weighted by Crippen LogP contribution is 2.27. The Bertz CT molecular complexity index is 1120. The maximum absolute atomic E-state index is 13.2. The number of nitrogens with zero attached hydrogens (tertiary/aromatic N) is 4. The van der Waals surface area contributed by atoms with Gasteiger partial charge >= 0.3 is 5.69 Å². The third-order valence-corrected chi connectivity index (χ3v) is 8.45. The van der Waals surface area contributed by atoms with E-state index in [2.05, 4.69) is 4.98 Å². The van der Waals surface area contributed by atoms with E-state index in [1.54, 1.807) is 16.4 Å². The van der Waals surface area contributed by atoms with Crippen molar-refractivity contribution in [2.45, 2.75) is 69.4 Å². The summed E-state index contributed by atoms with van der Waals surface area (Å²) < 4.78 is 29.3. The summed E-state index contributed by atoms with van der Waals surface area (Å²) >= 11 is 0. The average molecular weight is 447 g/mol. The van der Waals surface area contributed by atoms with Gasteiger partial charge in [0.1, 0.15) is 6.54 Å². The molecule has 1 amide bonds. The third-order valence-electron chi connectivity index (χ3n) is 6.44. The number of fused-ring (bicyclic) bond motifs is 1. The molecule has 4 rings (SSSR count). The first kappa shape index (κ1) is 22.0. The van der Waals surface area contributed by atoms with Gasteiger partial charge in [-0.3, -0.25) is 9.36 Å². The highest BCUT2D eigenvalue weighted by atomic mass is 32.2. The fraction of sp³-hybridized carbons (Fsp3) is 0.591. The summed E-state index contributed by atoms with van der Waals surface area (Å²) in [4.78, 5) is 31.2. The molecule has 1 aromatic carbocycles. The topological polar surface area (TPSA) is 92.6 Å². The summed E-state index contributed by atoms with van der Waals surface area (Å²) in [6, 6.07) is 4.68. The van der Waals surface area contributed by atoms with Crippen LogP contribution >= 0.6 is 0 Å². The number of rotatable bonds is 4. The van der Waals surface area contributed by atoms with E-state index in [1.807, 2.05) is 11.8 Å². The normalized spacial score (nSPS) is 21.2. The summed E-state index contributed by atoms with van der Waals surface area (Å²) in [5, 5.41) is 0.536. The van der Waals surface area contributed by atoms with Gasteiger partial charge in [-0.15, -0.1) is 0 Å². The van der Waals surface area contributed by atoms with Crippen molar-refractivity contribution in [1.29, 1.82) is 0 Å². The van der Waals surface area contributed by atoms with Gasteiger partial charge in [-0.1, -0.05) is 19.3 Å². The van der Waals surface area contributed by atoms with E-state index >= 15 is 0 Å². The van der Waals surface area contributed by atoms with Crippen LogP contribution in [0.25, 0.3) is 10.9 Å². The number of aromatic nitrogens is 2. The monoisotopic (exact) mass is 446 g/mol. The Hall–Kier alpha value is -2.26. The Balaban J connectivity index is 1.65. The molecule has 0 saturated carbocycles. The van der Waals surface area contributed by atoms with Gasteiger partial charge in [0.25, 0.3) is 0 Å². The molecule has 2 aliphatic heterocycles. The molecule has 2 aromatic rings. The lowest BCUT2D eigenvalue weighted by Gasteiger charge is -2.32. The van der Waals surface area contributed by atoms with Crippen LogP contribution in [0.5, 0.6) is 0 Å². The molecule has 0 aliphatic carbocycles. The molecule has 2 aliphatic rings. The Morgan fingerprint density at radius 1 is 1.06 bits per heavy atom. The number of amides is 1. The Labute approximate surface area is 182 Å². The number of carbonyl (C=O) groups is 1. The lowest BCUT2D eigenvalue weighted by molar-refractivity contribution is -0.131. The van der Waals surface area contributed by atoms with Crippen LogP contribution < -0.4 is 5.69 Å². The SMILES string of the molecule is CC1CCCCN1S(=O)(=O)c1ccc2c(cnc(=O)n2CC(=O)N2CCCCCC2)c1. The lowest BCUT2D eigenvalue weighted by atomic mass is 10.1. The van der Waals surface area contributed by atoms with Crippen LogP contribution in [-0.2, 0) is 21.4 Å². The summed E-state index contributed by atoms with van der Waals surface area (Å²) in [6.45, 7) is 3.79. The van der Waals surface area contributed by atoms with Crippen molar-refractivity contribution >= 4 is 26.8 Å². The molecule has 168 valence electrons.